The molecular weight excluding hydrogens is 356 g/mol. The minimum absolute atomic E-state index is 0.0205. The molecule has 1 aromatic heterocycles. The van der Waals surface area contributed by atoms with Gasteiger partial charge in [-0.1, -0.05) is 23.4 Å². The number of aryl methyl sites for hydroxylation is 4. The fraction of sp³-hybridized carbons (Fsp3) is 0.476. The lowest BCUT2D eigenvalue weighted by Crippen LogP contribution is -2.50. The van der Waals surface area contributed by atoms with E-state index in [-0.39, 0.29) is 11.8 Å². The highest BCUT2D eigenvalue weighted by Crippen LogP contribution is 2.19. The zero-order valence-corrected chi connectivity index (χ0v) is 17.0. The first-order valence-electron chi connectivity index (χ1n) is 9.63. The summed E-state index contributed by atoms with van der Waals surface area (Å²) in [5, 5.41) is 6.93. The molecule has 0 radical (unpaired) electrons. The molecule has 0 spiro atoms. The van der Waals surface area contributed by atoms with Gasteiger partial charge in [0.05, 0.1) is 18.7 Å². The Labute approximate surface area is 165 Å². The van der Waals surface area contributed by atoms with Crippen LogP contribution in [0.5, 0.6) is 0 Å². The van der Waals surface area contributed by atoms with E-state index in [0.717, 1.165) is 28.1 Å². The molecule has 1 aromatic carbocycles. The second kappa shape index (κ2) is 8.56. The van der Waals surface area contributed by atoms with E-state index < -0.39 is 0 Å². The van der Waals surface area contributed by atoms with Crippen LogP contribution in [-0.2, 0) is 16.0 Å². The van der Waals surface area contributed by atoms with E-state index in [9.17, 15) is 9.59 Å². The van der Waals surface area contributed by atoms with Crippen molar-refractivity contribution in [2.24, 2.45) is 0 Å². The minimum atomic E-state index is -0.0205. The first-order valence-corrected chi connectivity index (χ1v) is 9.63. The van der Waals surface area contributed by atoms with Gasteiger partial charge in [-0.3, -0.25) is 14.5 Å². The van der Waals surface area contributed by atoms with Gasteiger partial charge in [-0.05, 0) is 38.8 Å². The Hall–Kier alpha value is -2.67. The van der Waals surface area contributed by atoms with Gasteiger partial charge in [0.1, 0.15) is 5.76 Å². The Balaban J connectivity index is 1.48. The van der Waals surface area contributed by atoms with Gasteiger partial charge in [0.2, 0.25) is 11.8 Å². The topological polar surface area (TPSA) is 78.7 Å². The standard InChI is InChI=1S/C21H28N4O3/c1-14-6-5-7-15(2)21(14)22-19(26)13-24-8-10-25(11-9-24)20(27)12-18-16(3)23-28-17(18)4/h5-7H,8-13H2,1-4H3,(H,22,26). The van der Waals surface area contributed by atoms with Crippen LogP contribution in [-0.4, -0.2) is 59.5 Å². The molecule has 2 heterocycles. The highest BCUT2D eigenvalue weighted by atomic mass is 16.5. The van der Waals surface area contributed by atoms with Crippen molar-refractivity contribution in [3.05, 3.63) is 46.3 Å². The van der Waals surface area contributed by atoms with Crippen molar-refractivity contribution in [1.29, 1.82) is 0 Å². The zero-order chi connectivity index (χ0) is 20.3. The molecule has 7 heteroatoms. The van der Waals surface area contributed by atoms with Gasteiger partial charge in [0, 0.05) is 37.4 Å². The third-order valence-electron chi connectivity index (χ3n) is 5.35. The summed E-state index contributed by atoms with van der Waals surface area (Å²) in [6.07, 6.45) is 0.314. The van der Waals surface area contributed by atoms with Crippen molar-refractivity contribution in [3.8, 4) is 0 Å². The molecule has 1 N–H and O–H groups in total. The maximum Gasteiger partial charge on any atom is 0.238 e. The number of rotatable bonds is 5. The van der Waals surface area contributed by atoms with Crippen LogP contribution in [0.2, 0.25) is 0 Å². The van der Waals surface area contributed by atoms with Crippen LogP contribution in [0.4, 0.5) is 5.69 Å². The third kappa shape index (κ3) is 4.59. The number of carbonyl (C=O) groups is 2. The van der Waals surface area contributed by atoms with Gasteiger partial charge in [-0.25, -0.2) is 0 Å². The lowest BCUT2D eigenvalue weighted by atomic mass is 10.1. The average molecular weight is 384 g/mol. The normalized spacial score (nSPS) is 14.9. The van der Waals surface area contributed by atoms with Gasteiger partial charge in [-0.15, -0.1) is 0 Å². The fourth-order valence-electron chi connectivity index (χ4n) is 3.57. The van der Waals surface area contributed by atoms with Gasteiger partial charge in [0.25, 0.3) is 0 Å². The predicted molar refractivity (Wildman–Crippen MR) is 107 cm³/mol. The van der Waals surface area contributed by atoms with E-state index in [1.54, 1.807) is 0 Å². The lowest BCUT2D eigenvalue weighted by Gasteiger charge is -2.34. The molecule has 28 heavy (non-hydrogen) atoms. The van der Waals surface area contributed by atoms with E-state index in [0.29, 0.717) is 44.9 Å². The summed E-state index contributed by atoms with van der Waals surface area (Å²) in [6.45, 7) is 10.6. The summed E-state index contributed by atoms with van der Waals surface area (Å²) in [5.41, 5.74) is 4.65. The summed E-state index contributed by atoms with van der Waals surface area (Å²) in [4.78, 5) is 28.9. The molecular formula is C21H28N4O3. The molecule has 3 rings (SSSR count). The number of para-hydroxylation sites is 1. The molecule has 0 unspecified atom stereocenters. The molecule has 7 nitrogen and oxygen atoms in total. The molecule has 1 fully saturated rings. The number of hydrogen-bond acceptors (Lipinski definition) is 5. The van der Waals surface area contributed by atoms with Crippen molar-refractivity contribution in [2.45, 2.75) is 34.1 Å². The van der Waals surface area contributed by atoms with Gasteiger partial charge in [0.15, 0.2) is 0 Å². The Morgan fingerprint density at radius 1 is 1.07 bits per heavy atom. The van der Waals surface area contributed by atoms with Crippen LogP contribution < -0.4 is 5.32 Å². The maximum atomic E-state index is 12.6. The Morgan fingerprint density at radius 3 is 2.29 bits per heavy atom. The number of amides is 2. The van der Waals surface area contributed by atoms with E-state index in [2.05, 4.69) is 15.4 Å². The first-order chi connectivity index (χ1) is 13.3. The SMILES string of the molecule is Cc1cccc(C)c1NC(=O)CN1CCN(C(=O)Cc2c(C)noc2C)CC1. The molecule has 1 aliphatic heterocycles. The molecule has 2 aromatic rings. The summed E-state index contributed by atoms with van der Waals surface area (Å²) >= 11 is 0. The summed E-state index contributed by atoms with van der Waals surface area (Å²) in [7, 11) is 0. The van der Waals surface area contributed by atoms with Crippen LogP contribution in [0.15, 0.2) is 22.7 Å². The van der Waals surface area contributed by atoms with Gasteiger partial charge in [-0.2, -0.15) is 0 Å². The fourth-order valence-corrected chi connectivity index (χ4v) is 3.57. The lowest BCUT2D eigenvalue weighted by molar-refractivity contribution is -0.132. The van der Waals surface area contributed by atoms with Crippen LogP contribution in [0.25, 0.3) is 0 Å². The van der Waals surface area contributed by atoms with Crippen LogP contribution in [0, 0.1) is 27.7 Å². The molecule has 0 atom stereocenters. The quantitative estimate of drug-likeness (QED) is 0.855. The highest BCUT2D eigenvalue weighted by molar-refractivity contribution is 5.93. The summed E-state index contributed by atoms with van der Waals surface area (Å²) < 4.78 is 5.14. The van der Waals surface area contributed by atoms with Crippen molar-refractivity contribution < 1.29 is 14.1 Å². The molecule has 1 saturated heterocycles. The number of benzene rings is 1. The largest absolute Gasteiger partial charge is 0.361 e. The van der Waals surface area contributed by atoms with Crippen LogP contribution in [0.3, 0.4) is 0 Å². The van der Waals surface area contributed by atoms with E-state index in [4.69, 9.17) is 4.52 Å². The Kier molecular flexibility index (Phi) is 6.14. The number of piperazine rings is 1. The molecule has 1 aliphatic rings. The Bertz CT molecular complexity index is 827. The monoisotopic (exact) mass is 384 g/mol. The first kappa shape index (κ1) is 20.1. The number of carbonyl (C=O) groups excluding carboxylic acids is 2. The number of nitrogens with one attached hydrogen (secondary N) is 1. The van der Waals surface area contributed by atoms with Crippen molar-refractivity contribution in [2.75, 3.05) is 38.0 Å². The van der Waals surface area contributed by atoms with Crippen molar-refractivity contribution in [1.82, 2.24) is 15.0 Å². The summed E-state index contributed by atoms with van der Waals surface area (Å²) in [6, 6.07) is 5.97. The minimum Gasteiger partial charge on any atom is -0.361 e. The average Bonchev–Trinajstić information content (AvgIpc) is 2.97. The van der Waals surface area contributed by atoms with Crippen molar-refractivity contribution >= 4 is 17.5 Å². The Morgan fingerprint density at radius 2 is 1.71 bits per heavy atom. The van der Waals surface area contributed by atoms with Gasteiger partial charge >= 0.3 is 0 Å². The molecule has 0 saturated carbocycles. The maximum absolute atomic E-state index is 12.6. The van der Waals surface area contributed by atoms with E-state index in [1.165, 1.54) is 0 Å². The molecule has 2 amide bonds. The van der Waals surface area contributed by atoms with Gasteiger partial charge < -0.3 is 14.7 Å². The highest BCUT2D eigenvalue weighted by Gasteiger charge is 2.24. The zero-order valence-electron chi connectivity index (χ0n) is 17.0. The number of hydrogen-bond donors (Lipinski definition) is 1. The van der Waals surface area contributed by atoms with Crippen molar-refractivity contribution in [3.63, 3.8) is 0 Å². The second-order valence-corrected chi connectivity index (χ2v) is 7.45. The second-order valence-electron chi connectivity index (χ2n) is 7.45. The predicted octanol–water partition coefficient (Wildman–Crippen LogP) is 2.23. The van der Waals surface area contributed by atoms with Crippen LogP contribution >= 0.6 is 0 Å². The smallest absolute Gasteiger partial charge is 0.238 e. The number of anilines is 1. The summed E-state index contributed by atoms with van der Waals surface area (Å²) in [5.74, 6) is 0.759. The van der Waals surface area contributed by atoms with Crippen LogP contribution in [0.1, 0.15) is 28.1 Å². The van der Waals surface area contributed by atoms with E-state index in [1.807, 2.05) is 50.8 Å². The third-order valence-corrected chi connectivity index (χ3v) is 5.35. The van der Waals surface area contributed by atoms with E-state index >= 15 is 0 Å². The molecule has 150 valence electrons. The molecule has 0 aliphatic carbocycles. The molecule has 0 bridgehead atoms. The number of nitrogens with zero attached hydrogens (tertiary/aromatic N) is 3. The number of aromatic nitrogens is 1.